The fourth-order valence-corrected chi connectivity index (χ4v) is 4.43. The maximum atomic E-state index is 14.2. The molecule has 2 unspecified atom stereocenters. The average Bonchev–Trinajstić information content (AvgIpc) is 3.53. The summed E-state index contributed by atoms with van der Waals surface area (Å²) in [4.78, 5) is 22.1. The molecule has 0 spiro atoms. The summed E-state index contributed by atoms with van der Waals surface area (Å²) in [7, 11) is 3.35. The van der Waals surface area contributed by atoms with E-state index in [-0.39, 0.29) is 16.6 Å². The van der Waals surface area contributed by atoms with Gasteiger partial charge in [-0.15, -0.1) is 0 Å². The first kappa shape index (κ1) is 24.8. The molecular formula is C26H26FN7O2S. The predicted octanol–water partition coefficient (Wildman–Crippen LogP) is 3.97. The van der Waals surface area contributed by atoms with Gasteiger partial charge in [-0.25, -0.2) is 4.39 Å². The minimum Gasteiger partial charge on any atom is -0.494 e. The van der Waals surface area contributed by atoms with Gasteiger partial charge < -0.3 is 4.74 Å². The van der Waals surface area contributed by atoms with Gasteiger partial charge in [-0.1, -0.05) is 11.8 Å². The molecule has 1 fully saturated rings. The van der Waals surface area contributed by atoms with Crippen LogP contribution in [-0.2, 0) is 7.05 Å². The fraction of sp³-hybridized carbons (Fsp3) is 0.346. The Bertz CT molecular complexity index is 1430. The van der Waals surface area contributed by atoms with Crippen LogP contribution in [0.4, 0.5) is 4.39 Å². The van der Waals surface area contributed by atoms with E-state index in [1.165, 1.54) is 38.2 Å². The predicted molar refractivity (Wildman–Crippen MR) is 140 cm³/mol. The number of aryl methyl sites for hydroxylation is 2. The summed E-state index contributed by atoms with van der Waals surface area (Å²) in [6, 6.07) is 5.26. The number of ether oxygens (including phenoxy) is 1. The number of carbonyl (C=O) groups is 1. The molecule has 2 N–H and O–H groups in total. The second-order valence-electron chi connectivity index (χ2n) is 8.90. The van der Waals surface area contributed by atoms with E-state index >= 15 is 0 Å². The molecule has 5 rings (SSSR count). The van der Waals surface area contributed by atoms with Crippen molar-refractivity contribution in [3.63, 3.8) is 0 Å². The number of hydrogen-bond donors (Lipinski definition) is 2. The molecule has 1 aliphatic carbocycles. The van der Waals surface area contributed by atoms with Crippen molar-refractivity contribution < 1.29 is 13.9 Å². The van der Waals surface area contributed by atoms with Gasteiger partial charge in [0, 0.05) is 36.0 Å². The Balaban J connectivity index is 1.51. The molecule has 1 aliphatic heterocycles. The number of aromatic nitrogens is 4. The highest BCUT2D eigenvalue weighted by Gasteiger charge is 2.25. The Morgan fingerprint density at radius 3 is 2.70 bits per heavy atom. The lowest BCUT2D eigenvalue weighted by Crippen LogP contribution is -2.28. The number of hydrazone groups is 1. The largest absolute Gasteiger partial charge is 0.494 e. The normalized spacial score (nSPS) is 17.3. The van der Waals surface area contributed by atoms with E-state index < -0.39 is 12.1 Å². The third-order valence-electron chi connectivity index (χ3n) is 6.06. The molecule has 3 aromatic heterocycles. The summed E-state index contributed by atoms with van der Waals surface area (Å²) in [6.07, 6.45) is 3.92. The number of nitrogens with one attached hydrogen (secondary N) is 2. The van der Waals surface area contributed by atoms with Crippen molar-refractivity contribution in [2.45, 2.75) is 38.2 Å². The molecule has 190 valence electrons. The minimum absolute atomic E-state index is 0.211. The van der Waals surface area contributed by atoms with Crippen molar-refractivity contribution in [3.05, 3.63) is 47.5 Å². The molecule has 1 saturated carbocycles. The van der Waals surface area contributed by atoms with Crippen molar-refractivity contribution in [2.24, 2.45) is 18.1 Å². The minimum atomic E-state index is -1.30. The van der Waals surface area contributed by atoms with Gasteiger partial charge in [-0.3, -0.25) is 30.2 Å². The molecule has 0 bridgehead atoms. The van der Waals surface area contributed by atoms with Crippen LogP contribution in [0.15, 0.2) is 35.7 Å². The van der Waals surface area contributed by atoms with Crippen LogP contribution in [0.2, 0.25) is 0 Å². The van der Waals surface area contributed by atoms with E-state index in [0.29, 0.717) is 39.3 Å². The quantitative estimate of drug-likeness (QED) is 0.492. The first-order valence-corrected chi connectivity index (χ1v) is 12.7. The van der Waals surface area contributed by atoms with Crippen molar-refractivity contribution in [1.82, 2.24) is 30.5 Å². The standard InChI is InChI=1S/C26H26FN7O2S/c1-14-9-22(33-34(14)3)21-10-17(18-11-20(15(2)27)29-13-23(18)36-4)19(12-28-21)25(35)30-26-32-31-24(37-26)8-7-16-5-6-16/h9-13,15-16,24,31H,5-6H2,1-4H3,(H,30,32,35). The average molecular weight is 520 g/mol. The highest BCUT2D eigenvalue weighted by Crippen LogP contribution is 2.36. The molecule has 9 nitrogen and oxygen atoms in total. The lowest BCUT2D eigenvalue weighted by atomic mass is 9.98. The van der Waals surface area contributed by atoms with Crippen LogP contribution in [0.25, 0.3) is 22.5 Å². The number of amides is 1. The van der Waals surface area contributed by atoms with Gasteiger partial charge in [0.15, 0.2) is 10.5 Å². The zero-order chi connectivity index (χ0) is 26.1. The van der Waals surface area contributed by atoms with Crippen molar-refractivity contribution in [1.29, 1.82) is 0 Å². The van der Waals surface area contributed by atoms with Gasteiger partial charge in [0.1, 0.15) is 17.6 Å². The summed E-state index contributed by atoms with van der Waals surface area (Å²) in [5.41, 5.74) is 6.63. The highest BCUT2D eigenvalue weighted by molar-refractivity contribution is 8.14. The van der Waals surface area contributed by atoms with Crippen LogP contribution >= 0.6 is 11.8 Å². The number of halogens is 1. The molecular weight excluding hydrogens is 493 g/mol. The maximum Gasteiger partial charge on any atom is 0.259 e. The number of hydrogen-bond acceptors (Lipinski definition) is 8. The molecule has 3 aromatic rings. The second kappa shape index (κ2) is 10.2. The summed E-state index contributed by atoms with van der Waals surface area (Å²) in [6.45, 7) is 3.35. The molecule has 2 atom stereocenters. The van der Waals surface area contributed by atoms with Crippen LogP contribution in [0.5, 0.6) is 5.75 Å². The van der Waals surface area contributed by atoms with Gasteiger partial charge in [0.25, 0.3) is 5.91 Å². The number of amidine groups is 1. The smallest absolute Gasteiger partial charge is 0.259 e. The third kappa shape index (κ3) is 5.44. The molecule has 1 amide bonds. The molecule has 0 saturated heterocycles. The summed E-state index contributed by atoms with van der Waals surface area (Å²) < 4.78 is 21.5. The summed E-state index contributed by atoms with van der Waals surface area (Å²) >= 11 is 1.34. The van der Waals surface area contributed by atoms with Gasteiger partial charge in [-0.2, -0.15) is 10.2 Å². The molecule has 2 aliphatic rings. The third-order valence-corrected chi connectivity index (χ3v) is 6.94. The van der Waals surface area contributed by atoms with Crippen LogP contribution in [0.1, 0.15) is 47.7 Å². The van der Waals surface area contributed by atoms with Crippen LogP contribution in [0, 0.1) is 24.7 Å². The molecule has 4 heterocycles. The Morgan fingerprint density at radius 1 is 1.22 bits per heavy atom. The number of nitrogens with zero attached hydrogens (tertiary/aromatic N) is 5. The Labute approximate surface area is 218 Å². The van der Waals surface area contributed by atoms with E-state index in [9.17, 15) is 9.18 Å². The SMILES string of the molecule is COc1cnc(C(C)F)cc1-c1cc(-c2cc(C)n(C)n2)ncc1C(=O)NC1=NNC(C#CC2CC2)S1. The monoisotopic (exact) mass is 519 g/mol. The number of thioether (sulfide) groups is 1. The van der Waals surface area contributed by atoms with Gasteiger partial charge in [-0.05, 0) is 56.7 Å². The van der Waals surface area contributed by atoms with Crippen LogP contribution < -0.4 is 15.5 Å². The van der Waals surface area contributed by atoms with Crippen LogP contribution in [0.3, 0.4) is 0 Å². The van der Waals surface area contributed by atoms with Crippen molar-refractivity contribution >= 4 is 22.8 Å². The fourth-order valence-electron chi connectivity index (χ4n) is 3.72. The van der Waals surface area contributed by atoms with Crippen molar-refractivity contribution in [2.75, 3.05) is 7.11 Å². The van der Waals surface area contributed by atoms with E-state index in [1.54, 1.807) is 16.8 Å². The topological polar surface area (TPSA) is 106 Å². The molecule has 0 aromatic carbocycles. The lowest BCUT2D eigenvalue weighted by molar-refractivity contribution is 0.0978. The van der Waals surface area contributed by atoms with E-state index in [0.717, 1.165) is 18.5 Å². The van der Waals surface area contributed by atoms with Crippen LogP contribution in [-0.4, -0.2) is 43.3 Å². The Kier molecular flexibility index (Phi) is 6.84. The maximum absolute atomic E-state index is 14.2. The van der Waals surface area contributed by atoms with Crippen molar-refractivity contribution in [3.8, 4) is 40.1 Å². The number of alkyl halides is 1. The highest BCUT2D eigenvalue weighted by atomic mass is 32.2. The first-order chi connectivity index (χ1) is 17.8. The molecule has 37 heavy (non-hydrogen) atoms. The number of methoxy groups -OCH3 is 1. The molecule has 11 heteroatoms. The lowest BCUT2D eigenvalue weighted by Gasteiger charge is -2.15. The number of rotatable bonds is 5. The van der Waals surface area contributed by atoms with Gasteiger partial charge >= 0.3 is 0 Å². The Hall–Kier alpha value is -3.91. The van der Waals surface area contributed by atoms with Gasteiger partial charge in [0.2, 0.25) is 0 Å². The summed E-state index contributed by atoms with van der Waals surface area (Å²) in [5, 5.41) is 11.8. The summed E-state index contributed by atoms with van der Waals surface area (Å²) in [5.74, 6) is 6.81. The van der Waals surface area contributed by atoms with E-state index in [1.807, 2.05) is 20.0 Å². The van der Waals surface area contributed by atoms with E-state index in [4.69, 9.17) is 4.74 Å². The zero-order valence-electron chi connectivity index (χ0n) is 20.9. The second-order valence-corrected chi connectivity index (χ2v) is 9.99. The number of pyridine rings is 2. The molecule has 0 radical (unpaired) electrons. The number of carbonyl (C=O) groups excluding carboxylic acids is 1. The zero-order valence-corrected chi connectivity index (χ0v) is 21.7. The first-order valence-electron chi connectivity index (χ1n) is 11.8. The van der Waals surface area contributed by atoms with Gasteiger partial charge in [0.05, 0.1) is 30.3 Å². The van der Waals surface area contributed by atoms with E-state index in [2.05, 4.69) is 42.8 Å². The Morgan fingerprint density at radius 2 is 2.03 bits per heavy atom.